The van der Waals surface area contributed by atoms with E-state index in [0.29, 0.717) is 6.54 Å². The Labute approximate surface area is 129 Å². The lowest BCUT2D eigenvalue weighted by molar-refractivity contribution is 0.187. The molecule has 0 amide bonds. The van der Waals surface area contributed by atoms with Crippen LogP contribution in [-0.2, 0) is 10.0 Å². The molecule has 1 saturated heterocycles. The number of hydrogen-bond acceptors (Lipinski definition) is 4. The number of rotatable bonds is 3. The zero-order valence-corrected chi connectivity index (χ0v) is 13.6. The van der Waals surface area contributed by atoms with E-state index < -0.39 is 15.8 Å². The van der Waals surface area contributed by atoms with Crippen LogP contribution in [0.3, 0.4) is 0 Å². The molecule has 1 aliphatic rings. The number of likely N-dealkylation sites (tertiary alicyclic amines) is 1. The molecule has 1 atom stereocenters. The van der Waals surface area contributed by atoms with Gasteiger partial charge < -0.3 is 10.6 Å². The van der Waals surface area contributed by atoms with Gasteiger partial charge in [-0.3, -0.25) is 0 Å². The molecule has 118 valence electrons. The molecule has 1 aromatic rings. The summed E-state index contributed by atoms with van der Waals surface area (Å²) < 4.78 is 40.0. The maximum absolute atomic E-state index is 13.3. The summed E-state index contributed by atoms with van der Waals surface area (Å²) >= 11 is 5.89. The van der Waals surface area contributed by atoms with Crippen LogP contribution in [0.1, 0.15) is 12.8 Å². The van der Waals surface area contributed by atoms with E-state index in [4.69, 9.17) is 17.3 Å². The Hall–Kier alpha value is -0.890. The van der Waals surface area contributed by atoms with Crippen LogP contribution in [0, 0.1) is 5.82 Å². The summed E-state index contributed by atoms with van der Waals surface area (Å²) in [6.45, 7) is 1.61. The highest BCUT2D eigenvalue weighted by Crippen LogP contribution is 2.30. The predicted molar refractivity (Wildman–Crippen MR) is 81.3 cm³/mol. The Bertz CT molecular complexity index is 639. The number of piperidine rings is 1. The van der Waals surface area contributed by atoms with Crippen molar-refractivity contribution in [3.8, 4) is 0 Å². The second kappa shape index (κ2) is 6.08. The number of nitrogens with zero attached hydrogens (tertiary/aromatic N) is 2. The van der Waals surface area contributed by atoms with Gasteiger partial charge in [0.25, 0.3) is 0 Å². The Morgan fingerprint density at radius 3 is 2.76 bits per heavy atom. The molecule has 21 heavy (non-hydrogen) atoms. The van der Waals surface area contributed by atoms with Crippen molar-refractivity contribution in [3.63, 3.8) is 0 Å². The molecule has 0 radical (unpaired) electrons. The summed E-state index contributed by atoms with van der Waals surface area (Å²) in [4.78, 5) is 1.93. The van der Waals surface area contributed by atoms with Gasteiger partial charge in [-0.15, -0.1) is 0 Å². The first-order chi connectivity index (χ1) is 9.73. The quantitative estimate of drug-likeness (QED) is 0.855. The minimum atomic E-state index is -3.80. The summed E-state index contributed by atoms with van der Waals surface area (Å²) in [5.41, 5.74) is 5.23. The fraction of sp³-hybridized carbons (Fsp3) is 0.538. The Morgan fingerprint density at radius 2 is 2.14 bits per heavy atom. The normalized spacial score (nSPS) is 20.9. The molecule has 0 aliphatic carbocycles. The Morgan fingerprint density at radius 1 is 1.48 bits per heavy atom. The third-order valence-electron chi connectivity index (χ3n) is 3.82. The first-order valence-electron chi connectivity index (χ1n) is 6.64. The highest BCUT2D eigenvalue weighted by atomic mass is 35.5. The number of halogens is 2. The maximum atomic E-state index is 13.3. The van der Waals surface area contributed by atoms with E-state index >= 15 is 0 Å². The molecule has 5 nitrogen and oxygen atoms in total. The van der Waals surface area contributed by atoms with E-state index in [2.05, 4.69) is 4.90 Å². The zero-order chi connectivity index (χ0) is 15.8. The van der Waals surface area contributed by atoms with Gasteiger partial charge in [0.05, 0.1) is 10.7 Å². The SMILES string of the molecule is CN1CCCC(N(C)S(=O)(=O)c2cc(N)c(F)cc2Cl)C1. The van der Waals surface area contributed by atoms with E-state index in [1.807, 2.05) is 7.05 Å². The molecule has 1 heterocycles. The van der Waals surface area contributed by atoms with Gasteiger partial charge in [0.2, 0.25) is 10.0 Å². The molecule has 8 heteroatoms. The molecule has 1 fully saturated rings. The van der Waals surface area contributed by atoms with Gasteiger partial charge in [-0.1, -0.05) is 11.6 Å². The lowest BCUT2D eigenvalue weighted by Gasteiger charge is -2.35. The van der Waals surface area contributed by atoms with Gasteiger partial charge in [-0.05, 0) is 38.6 Å². The van der Waals surface area contributed by atoms with Gasteiger partial charge in [0, 0.05) is 19.6 Å². The van der Waals surface area contributed by atoms with Crippen LogP contribution in [0.2, 0.25) is 5.02 Å². The zero-order valence-electron chi connectivity index (χ0n) is 12.0. The number of nitrogens with two attached hydrogens (primary N) is 1. The maximum Gasteiger partial charge on any atom is 0.244 e. The summed E-state index contributed by atoms with van der Waals surface area (Å²) in [6.07, 6.45) is 1.72. The van der Waals surface area contributed by atoms with Crippen LogP contribution < -0.4 is 5.73 Å². The van der Waals surface area contributed by atoms with Gasteiger partial charge in [-0.2, -0.15) is 4.31 Å². The van der Waals surface area contributed by atoms with Crippen molar-refractivity contribution in [3.05, 3.63) is 23.0 Å². The number of likely N-dealkylation sites (N-methyl/N-ethyl adjacent to an activating group) is 2. The summed E-state index contributed by atoms with van der Waals surface area (Å²) in [5.74, 6) is -0.723. The molecule has 0 aromatic heterocycles. The Balaban J connectivity index is 2.35. The molecular weight excluding hydrogens is 317 g/mol. The first kappa shape index (κ1) is 16.5. The van der Waals surface area contributed by atoms with E-state index in [-0.39, 0.29) is 21.6 Å². The van der Waals surface area contributed by atoms with Crippen LogP contribution in [0.4, 0.5) is 10.1 Å². The molecule has 1 aromatic carbocycles. The molecule has 0 saturated carbocycles. The van der Waals surface area contributed by atoms with E-state index in [9.17, 15) is 12.8 Å². The average Bonchev–Trinajstić information content (AvgIpc) is 2.41. The third-order valence-corrected chi connectivity index (χ3v) is 6.20. The van der Waals surface area contributed by atoms with Crippen molar-refractivity contribution in [2.75, 3.05) is 32.9 Å². The summed E-state index contributed by atoms with van der Waals surface area (Å²) in [5, 5.41) is -0.155. The van der Waals surface area contributed by atoms with Gasteiger partial charge in [0.15, 0.2) is 0 Å². The first-order valence-corrected chi connectivity index (χ1v) is 8.46. The lowest BCUT2D eigenvalue weighted by atomic mass is 10.1. The Kier molecular flexibility index (Phi) is 4.77. The highest BCUT2D eigenvalue weighted by molar-refractivity contribution is 7.89. The third kappa shape index (κ3) is 3.31. The van der Waals surface area contributed by atoms with E-state index in [1.54, 1.807) is 0 Å². The van der Waals surface area contributed by atoms with E-state index in [0.717, 1.165) is 31.5 Å². The highest BCUT2D eigenvalue weighted by Gasteiger charge is 2.32. The topological polar surface area (TPSA) is 66.6 Å². The van der Waals surface area contributed by atoms with Crippen LogP contribution in [0.15, 0.2) is 17.0 Å². The van der Waals surface area contributed by atoms with Crippen molar-refractivity contribution in [2.24, 2.45) is 0 Å². The number of benzene rings is 1. The minimum Gasteiger partial charge on any atom is -0.396 e. The van der Waals surface area contributed by atoms with Crippen molar-refractivity contribution in [1.82, 2.24) is 9.21 Å². The molecule has 2 N–H and O–H groups in total. The minimum absolute atomic E-state index is 0.129. The number of anilines is 1. The monoisotopic (exact) mass is 335 g/mol. The van der Waals surface area contributed by atoms with Gasteiger partial charge in [0.1, 0.15) is 10.7 Å². The largest absolute Gasteiger partial charge is 0.396 e. The predicted octanol–water partition coefficient (Wildman–Crippen LogP) is 1.78. The molecule has 0 spiro atoms. The van der Waals surface area contributed by atoms with Crippen molar-refractivity contribution in [1.29, 1.82) is 0 Å². The van der Waals surface area contributed by atoms with E-state index in [1.165, 1.54) is 11.4 Å². The fourth-order valence-corrected chi connectivity index (χ4v) is 4.43. The molecule has 0 bridgehead atoms. The van der Waals surface area contributed by atoms with Crippen LogP contribution in [-0.4, -0.2) is 50.8 Å². The average molecular weight is 336 g/mol. The van der Waals surface area contributed by atoms with Gasteiger partial charge >= 0.3 is 0 Å². The smallest absolute Gasteiger partial charge is 0.244 e. The second-order valence-corrected chi connectivity index (χ2v) is 7.76. The molecule has 1 aliphatic heterocycles. The standard InChI is InChI=1S/C13H19ClFN3O2S/c1-17-5-3-4-9(8-17)18(2)21(19,20)13-7-12(16)11(15)6-10(13)14/h6-7,9H,3-5,8,16H2,1-2H3. The van der Waals surface area contributed by atoms with Crippen LogP contribution in [0.5, 0.6) is 0 Å². The van der Waals surface area contributed by atoms with Crippen molar-refractivity contribution >= 4 is 27.3 Å². The summed E-state index contributed by atoms with van der Waals surface area (Å²) in [7, 11) is -0.327. The van der Waals surface area contributed by atoms with Gasteiger partial charge in [-0.25, -0.2) is 12.8 Å². The number of hydrogen-bond donors (Lipinski definition) is 1. The second-order valence-electron chi connectivity index (χ2n) is 5.38. The number of sulfonamides is 1. The van der Waals surface area contributed by atoms with Crippen molar-refractivity contribution in [2.45, 2.75) is 23.8 Å². The number of nitrogen functional groups attached to an aromatic ring is 1. The molecule has 2 rings (SSSR count). The lowest BCUT2D eigenvalue weighted by Crippen LogP contribution is -2.47. The molecule has 1 unspecified atom stereocenters. The van der Waals surface area contributed by atoms with Crippen LogP contribution in [0.25, 0.3) is 0 Å². The van der Waals surface area contributed by atoms with Crippen molar-refractivity contribution < 1.29 is 12.8 Å². The molecular formula is C13H19ClFN3O2S. The summed E-state index contributed by atoms with van der Waals surface area (Å²) in [6, 6.07) is 1.89. The van der Waals surface area contributed by atoms with Crippen LogP contribution >= 0.6 is 11.6 Å². The fourth-order valence-electron chi connectivity index (χ4n) is 2.53.